The summed E-state index contributed by atoms with van der Waals surface area (Å²) in [6.07, 6.45) is 0.706. The van der Waals surface area contributed by atoms with Crippen molar-refractivity contribution in [3.05, 3.63) is 75.7 Å². The number of fused-ring (bicyclic) bond motifs is 1. The molecule has 4 rings (SSSR count). The first kappa shape index (κ1) is 23.1. The fourth-order valence-electron chi connectivity index (χ4n) is 4.14. The van der Waals surface area contributed by atoms with E-state index >= 15 is 0 Å². The third-order valence-corrected chi connectivity index (χ3v) is 6.27. The molecule has 2 aromatic carbocycles. The van der Waals surface area contributed by atoms with Crippen molar-refractivity contribution in [2.45, 2.75) is 12.5 Å². The number of hydrogen-bond acceptors (Lipinski definition) is 5. The average molecular weight is 513 g/mol. The molecule has 0 saturated heterocycles. The van der Waals surface area contributed by atoms with E-state index in [1.165, 1.54) is 16.9 Å². The topological polar surface area (TPSA) is 87.2 Å². The Hall–Kier alpha value is -3.10. The highest BCUT2D eigenvalue weighted by Crippen LogP contribution is 2.39. The number of carbonyl (C=O) groups is 2. The molecule has 1 aliphatic heterocycles. The van der Waals surface area contributed by atoms with E-state index < -0.39 is 23.5 Å². The van der Waals surface area contributed by atoms with Crippen molar-refractivity contribution >= 4 is 38.6 Å². The Balaban J connectivity index is 1.76. The van der Waals surface area contributed by atoms with Crippen molar-refractivity contribution < 1.29 is 28.7 Å². The van der Waals surface area contributed by atoms with Crippen molar-refractivity contribution in [1.29, 1.82) is 0 Å². The molecule has 33 heavy (non-hydrogen) atoms. The first-order valence-corrected chi connectivity index (χ1v) is 11.5. The first-order valence-electron chi connectivity index (χ1n) is 10.7. The van der Waals surface area contributed by atoms with Crippen LogP contribution in [0, 0.1) is 0 Å². The largest absolute Gasteiger partial charge is 0.868 e. The number of benzene rings is 2. The second-order valence-corrected chi connectivity index (χ2v) is 9.24. The van der Waals surface area contributed by atoms with E-state index in [1.807, 2.05) is 38.4 Å². The van der Waals surface area contributed by atoms with Gasteiger partial charge in [-0.25, -0.2) is 0 Å². The molecule has 1 N–H and O–H groups in total. The predicted octanol–water partition coefficient (Wildman–Crippen LogP) is 2.12. The number of quaternary nitrogens is 1. The number of nitrogens with one attached hydrogen (secondary N) is 1. The van der Waals surface area contributed by atoms with Gasteiger partial charge in [-0.05, 0) is 35.6 Å². The summed E-state index contributed by atoms with van der Waals surface area (Å²) in [7, 11) is 5.57. The minimum atomic E-state index is -0.780. The van der Waals surface area contributed by atoms with Crippen LogP contribution in [0.1, 0.15) is 28.6 Å². The molecule has 0 spiro atoms. The number of halogens is 1. The number of methoxy groups -OCH3 is 1. The lowest BCUT2D eigenvalue weighted by atomic mass is 9.95. The number of furan rings is 1. The van der Waals surface area contributed by atoms with Gasteiger partial charge < -0.3 is 24.1 Å². The van der Waals surface area contributed by atoms with E-state index in [9.17, 15) is 14.7 Å². The van der Waals surface area contributed by atoms with Crippen LogP contribution >= 0.6 is 15.9 Å². The molecule has 8 heteroatoms. The van der Waals surface area contributed by atoms with Crippen LogP contribution in [0.3, 0.4) is 0 Å². The highest BCUT2D eigenvalue weighted by Gasteiger charge is 2.40. The number of Topliss-reactive ketones (excluding diaryl/α,β-unsaturated/α-hetero) is 1. The molecule has 0 bridgehead atoms. The Bertz CT molecular complexity index is 1230. The molecule has 1 aliphatic rings. The van der Waals surface area contributed by atoms with Crippen LogP contribution in [0.2, 0.25) is 0 Å². The minimum absolute atomic E-state index is 0.00680. The van der Waals surface area contributed by atoms with E-state index in [0.29, 0.717) is 35.2 Å². The molecule has 3 aromatic rings. The zero-order valence-corrected chi connectivity index (χ0v) is 20.3. The Morgan fingerprint density at radius 3 is 2.61 bits per heavy atom. The van der Waals surface area contributed by atoms with Crippen LogP contribution in [0.25, 0.3) is 11.0 Å². The molecule has 0 fully saturated rings. The van der Waals surface area contributed by atoms with Crippen LogP contribution in [-0.2, 0) is 4.79 Å². The quantitative estimate of drug-likeness (QED) is 0.467. The van der Waals surface area contributed by atoms with Crippen molar-refractivity contribution in [3.8, 4) is 5.75 Å². The van der Waals surface area contributed by atoms with Crippen LogP contribution in [0.15, 0.2) is 68.8 Å². The molecule has 1 aromatic heterocycles. The molecule has 1 unspecified atom stereocenters. The van der Waals surface area contributed by atoms with Gasteiger partial charge in [-0.15, -0.1) is 0 Å². The van der Waals surface area contributed by atoms with Crippen molar-refractivity contribution in [1.82, 2.24) is 4.90 Å². The van der Waals surface area contributed by atoms with Crippen LogP contribution in [0.4, 0.5) is 0 Å². The van der Waals surface area contributed by atoms with Gasteiger partial charge in [0.25, 0.3) is 0 Å². The van der Waals surface area contributed by atoms with Crippen molar-refractivity contribution in [3.63, 3.8) is 0 Å². The highest BCUT2D eigenvalue weighted by atomic mass is 79.9. The van der Waals surface area contributed by atoms with Gasteiger partial charge in [0.2, 0.25) is 11.7 Å². The lowest BCUT2D eigenvalue weighted by molar-refractivity contribution is -0.858. The fourth-order valence-corrected chi connectivity index (χ4v) is 4.40. The fraction of sp³-hybridized carbons (Fsp3) is 0.280. The Kier molecular flexibility index (Phi) is 6.58. The standard InChI is InChI=1S/C25H25BrN2O5/c1-27(2)12-5-13-28-21(15-8-10-17(26)11-9-15)20(23(30)25(28)31)22(29)19-14-16-6-4-7-18(32-3)24(16)33-19/h4,6-11,14,21,30H,5,12-13H2,1-3H3. The Morgan fingerprint density at radius 2 is 1.94 bits per heavy atom. The molecule has 1 amide bonds. The van der Waals surface area contributed by atoms with Gasteiger partial charge in [0.05, 0.1) is 33.8 Å². The van der Waals surface area contributed by atoms with Gasteiger partial charge in [-0.2, -0.15) is 0 Å². The Labute approximate surface area is 200 Å². The van der Waals surface area contributed by atoms with E-state index in [-0.39, 0.29) is 11.3 Å². The maximum atomic E-state index is 13.6. The summed E-state index contributed by atoms with van der Waals surface area (Å²) in [5.41, 5.74) is 1.04. The summed E-state index contributed by atoms with van der Waals surface area (Å²) >= 11 is 3.41. The van der Waals surface area contributed by atoms with Crippen LogP contribution < -0.4 is 14.7 Å². The second-order valence-electron chi connectivity index (χ2n) is 8.32. The SMILES string of the molecule is COc1cccc2cc(C(=O)C3=C([O-])C(=O)N(CCC[NH+](C)C)C3c3ccc(Br)cc3)oc12. The average Bonchev–Trinajstić information content (AvgIpc) is 3.34. The van der Waals surface area contributed by atoms with Gasteiger partial charge in [0, 0.05) is 28.4 Å². The lowest BCUT2D eigenvalue weighted by Gasteiger charge is -2.27. The molecule has 0 radical (unpaired) electrons. The monoisotopic (exact) mass is 512 g/mol. The zero-order chi connectivity index (χ0) is 23.7. The van der Waals surface area contributed by atoms with Crippen LogP contribution in [-0.4, -0.2) is 50.9 Å². The molecule has 0 aliphatic carbocycles. The van der Waals surface area contributed by atoms with Crippen LogP contribution in [0.5, 0.6) is 5.75 Å². The van der Waals surface area contributed by atoms with Gasteiger partial charge in [0.1, 0.15) is 0 Å². The van der Waals surface area contributed by atoms with Crippen molar-refractivity contribution in [2.75, 3.05) is 34.3 Å². The Morgan fingerprint density at radius 1 is 1.21 bits per heavy atom. The van der Waals surface area contributed by atoms with Crippen molar-refractivity contribution in [2.24, 2.45) is 0 Å². The molecule has 0 saturated carbocycles. The number of ether oxygens (including phenoxy) is 1. The van der Waals surface area contributed by atoms with Gasteiger partial charge >= 0.3 is 0 Å². The number of rotatable bonds is 8. The first-order chi connectivity index (χ1) is 15.8. The molecule has 2 heterocycles. The normalized spacial score (nSPS) is 16.3. The molecule has 1 atom stereocenters. The number of amides is 1. The lowest BCUT2D eigenvalue weighted by Crippen LogP contribution is -3.05. The minimum Gasteiger partial charge on any atom is -0.868 e. The summed E-state index contributed by atoms with van der Waals surface area (Å²) in [6.45, 7) is 1.21. The number of ketones is 1. The third-order valence-electron chi connectivity index (χ3n) is 5.74. The number of nitrogens with zero attached hydrogens (tertiary/aromatic N) is 1. The van der Waals surface area contributed by atoms with E-state index in [0.717, 1.165) is 11.0 Å². The summed E-state index contributed by atoms with van der Waals surface area (Å²) in [4.78, 5) is 29.3. The summed E-state index contributed by atoms with van der Waals surface area (Å²) < 4.78 is 12.0. The van der Waals surface area contributed by atoms with E-state index in [4.69, 9.17) is 9.15 Å². The van der Waals surface area contributed by atoms with Gasteiger partial charge in [-0.3, -0.25) is 9.59 Å². The summed E-state index contributed by atoms with van der Waals surface area (Å²) in [5, 5.41) is 13.8. The highest BCUT2D eigenvalue weighted by molar-refractivity contribution is 9.10. The maximum Gasteiger partial charge on any atom is 0.239 e. The second kappa shape index (κ2) is 9.41. The predicted molar refractivity (Wildman–Crippen MR) is 125 cm³/mol. The zero-order valence-electron chi connectivity index (χ0n) is 18.7. The number of carbonyl (C=O) groups excluding carboxylic acids is 2. The number of para-hydroxylation sites is 1. The molecular formula is C25H25BrN2O5. The summed E-state index contributed by atoms with van der Waals surface area (Å²) in [5.74, 6) is -1.53. The number of hydrogen-bond donors (Lipinski definition) is 1. The molecular weight excluding hydrogens is 488 g/mol. The molecule has 7 nitrogen and oxygen atoms in total. The summed E-state index contributed by atoms with van der Waals surface area (Å²) in [6, 6.07) is 13.4. The maximum absolute atomic E-state index is 13.6. The third kappa shape index (κ3) is 4.41. The van der Waals surface area contributed by atoms with Gasteiger partial charge in [0.15, 0.2) is 17.1 Å². The molecule has 172 valence electrons. The van der Waals surface area contributed by atoms with E-state index in [2.05, 4.69) is 15.9 Å². The van der Waals surface area contributed by atoms with Gasteiger partial charge in [-0.1, -0.05) is 40.2 Å². The smallest absolute Gasteiger partial charge is 0.239 e. The van der Waals surface area contributed by atoms with E-state index in [1.54, 1.807) is 24.3 Å².